The highest BCUT2D eigenvalue weighted by atomic mass is 16.5. The molecule has 1 heterocycles. The van der Waals surface area contributed by atoms with Crippen molar-refractivity contribution in [3.05, 3.63) is 59.9 Å². The molecule has 0 radical (unpaired) electrons. The highest BCUT2D eigenvalue weighted by molar-refractivity contribution is 5.93. The number of hydrogen-bond donors (Lipinski definition) is 1. The van der Waals surface area contributed by atoms with E-state index < -0.39 is 5.97 Å². The number of carboxylic acids is 1. The zero-order chi connectivity index (χ0) is 15.5. The first-order chi connectivity index (χ1) is 10.7. The maximum absolute atomic E-state index is 11.0. The Hall–Kier alpha value is -2.95. The summed E-state index contributed by atoms with van der Waals surface area (Å²) in [5.74, 6) is 1.05. The summed E-state index contributed by atoms with van der Waals surface area (Å²) < 4.78 is 16.4. The van der Waals surface area contributed by atoms with Gasteiger partial charge in [0.2, 0.25) is 0 Å². The molecule has 0 unspecified atom stereocenters. The zero-order valence-corrected chi connectivity index (χ0v) is 11.9. The van der Waals surface area contributed by atoms with Gasteiger partial charge in [0.1, 0.15) is 29.4 Å². The van der Waals surface area contributed by atoms with Crippen molar-refractivity contribution in [2.45, 2.75) is 6.61 Å². The fourth-order valence-corrected chi connectivity index (χ4v) is 2.15. The minimum absolute atomic E-state index is 0.230. The molecule has 0 aliphatic heterocycles. The molecule has 0 amide bonds. The van der Waals surface area contributed by atoms with Crippen LogP contribution >= 0.6 is 0 Å². The maximum atomic E-state index is 11.0. The predicted molar refractivity (Wildman–Crippen MR) is 80.5 cm³/mol. The first kappa shape index (κ1) is 14.0. The second-order valence-corrected chi connectivity index (χ2v) is 4.74. The normalized spacial score (nSPS) is 10.6. The monoisotopic (exact) mass is 298 g/mol. The number of rotatable bonds is 5. The molecular weight excluding hydrogens is 284 g/mol. The molecule has 1 aromatic heterocycles. The Morgan fingerprint density at radius 1 is 1.14 bits per heavy atom. The average molecular weight is 298 g/mol. The molecular formula is C17H14O5. The number of methoxy groups -OCH3 is 1. The Labute approximate surface area is 126 Å². The molecule has 0 atom stereocenters. The number of aromatic carboxylic acids is 1. The molecule has 5 heteroatoms. The zero-order valence-electron chi connectivity index (χ0n) is 11.9. The molecule has 0 saturated carbocycles. The first-order valence-corrected chi connectivity index (χ1v) is 6.68. The van der Waals surface area contributed by atoms with E-state index in [0.29, 0.717) is 22.8 Å². The Kier molecular flexibility index (Phi) is 3.70. The van der Waals surface area contributed by atoms with E-state index in [1.54, 1.807) is 31.4 Å². The SMILES string of the molecule is COc1cccc(OCc2cc3cc(C(=O)O)ccc3o2)c1. The van der Waals surface area contributed by atoms with Gasteiger partial charge in [0.05, 0.1) is 12.7 Å². The van der Waals surface area contributed by atoms with Crippen molar-refractivity contribution >= 4 is 16.9 Å². The van der Waals surface area contributed by atoms with Crippen LogP contribution in [0.3, 0.4) is 0 Å². The summed E-state index contributed by atoms with van der Waals surface area (Å²) in [4.78, 5) is 11.0. The summed E-state index contributed by atoms with van der Waals surface area (Å²) in [5.41, 5.74) is 0.864. The van der Waals surface area contributed by atoms with E-state index in [1.165, 1.54) is 6.07 Å². The molecule has 0 aliphatic rings. The van der Waals surface area contributed by atoms with Crippen LogP contribution in [-0.4, -0.2) is 18.2 Å². The summed E-state index contributed by atoms with van der Waals surface area (Å²) in [5, 5.41) is 9.73. The molecule has 2 aromatic carbocycles. The molecule has 5 nitrogen and oxygen atoms in total. The third-order valence-electron chi connectivity index (χ3n) is 3.24. The third-order valence-corrected chi connectivity index (χ3v) is 3.24. The van der Waals surface area contributed by atoms with Crippen LogP contribution in [0.1, 0.15) is 16.1 Å². The lowest BCUT2D eigenvalue weighted by molar-refractivity contribution is 0.0697. The Bertz CT molecular complexity index is 819. The van der Waals surface area contributed by atoms with Crippen LogP contribution in [0.2, 0.25) is 0 Å². The number of benzene rings is 2. The standard InChI is InChI=1S/C17H14O5/c1-20-13-3-2-4-14(9-13)21-10-15-8-12-7-11(17(18)19)5-6-16(12)22-15/h2-9H,10H2,1H3,(H,18,19). The smallest absolute Gasteiger partial charge is 0.335 e. The first-order valence-electron chi connectivity index (χ1n) is 6.68. The molecule has 0 fully saturated rings. The van der Waals surface area contributed by atoms with Gasteiger partial charge in [-0.25, -0.2) is 4.79 Å². The van der Waals surface area contributed by atoms with Crippen molar-refractivity contribution in [1.29, 1.82) is 0 Å². The lowest BCUT2D eigenvalue weighted by atomic mass is 10.1. The maximum Gasteiger partial charge on any atom is 0.335 e. The second-order valence-electron chi connectivity index (χ2n) is 4.74. The molecule has 0 bridgehead atoms. The summed E-state index contributed by atoms with van der Waals surface area (Å²) in [6.07, 6.45) is 0. The van der Waals surface area contributed by atoms with E-state index in [0.717, 1.165) is 5.39 Å². The molecule has 1 N–H and O–H groups in total. The fraction of sp³-hybridized carbons (Fsp3) is 0.118. The number of carbonyl (C=O) groups is 1. The van der Waals surface area contributed by atoms with Gasteiger partial charge in [0.15, 0.2) is 0 Å². The van der Waals surface area contributed by atoms with Crippen LogP contribution in [0.5, 0.6) is 11.5 Å². The van der Waals surface area contributed by atoms with Crippen LogP contribution in [0, 0.1) is 0 Å². The van der Waals surface area contributed by atoms with Crippen LogP contribution in [0.4, 0.5) is 0 Å². The lowest BCUT2D eigenvalue weighted by Crippen LogP contribution is -1.94. The van der Waals surface area contributed by atoms with E-state index >= 15 is 0 Å². The van der Waals surface area contributed by atoms with Crippen molar-refractivity contribution in [2.24, 2.45) is 0 Å². The van der Waals surface area contributed by atoms with E-state index in [2.05, 4.69) is 0 Å². The second kappa shape index (κ2) is 5.81. The van der Waals surface area contributed by atoms with E-state index in [-0.39, 0.29) is 12.2 Å². The summed E-state index contributed by atoms with van der Waals surface area (Å²) in [6.45, 7) is 0.254. The van der Waals surface area contributed by atoms with E-state index in [4.69, 9.17) is 19.0 Å². The van der Waals surface area contributed by atoms with Crippen molar-refractivity contribution in [3.8, 4) is 11.5 Å². The van der Waals surface area contributed by atoms with Gasteiger partial charge >= 0.3 is 5.97 Å². The number of furan rings is 1. The average Bonchev–Trinajstić information content (AvgIpc) is 2.95. The molecule has 3 rings (SSSR count). The minimum atomic E-state index is -0.961. The highest BCUT2D eigenvalue weighted by Crippen LogP contribution is 2.24. The number of ether oxygens (including phenoxy) is 2. The van der Waals surface area contributed by atoms with Crippen LogP contribution in [0.25, 0.3) is 11.0 Å². The minimum Gasteiger partial charge on any atom is -0.497 e. The number of hydrogen-bond acceptors (Lipinski definition) is 4. The summed E-state index contributed by atoms with van der Waals surface area (Å²) in [6, 6.07) is 13.8. The highest BCUT2D eigenvalue weighted by Gasteiger charge is 2.09. The van der Waals surface area contributed by atoms with Gasteiger partial charge in [-0.2, -0.15) is 0 Å². The van der Waals surface area contributed by atoms with Gasteiger partial charge in [0.25, 0.3) is 0 Å². The van der Waals surface area contributed by atoms with Gasteiger partial charge in [-0.15, -0.1) is 0 Å². The van der Waals surface area contributed by atoms with Crippen molar-refractivity contribution in [3.63, 3.8) is 0 Å². The van der Waals surface area contributed by atoms with Crippen molar-refractivity contribution in [1.82, 2.24) is 0 Å². The molecule has 3 aromatic rings. The molecule has 0 spiro atoms. The van der Waals surface area contributed by atoms with Crippen molar-refractivity contribution < 1.29 is 23.8 Å². The van der Waals surface area contributed by atoms with Crippen LogP contribution in [0.15, 0.2) is 52.9 Å². The molecule has 0 saturated heterocycles. The number of fused-ring (bicyclic) bond motifs is 1. The topological polar surface area (TPSA) is 68.9 Å². The van der Waals surface area contributed by atoms with Gasteiger partial charge in [-0.05, 0) is 36.4 Å². The Morgan fingerprint density at radius 3 is 2.73 bits per heavy atom. The predicted octanol–water partition coefficient (Wildman–Crippen LogP) is 3.72. The van der Waals surface area contributed by atoms with E-state index in [1.807, 2.05) is 18.2 Å². The lowest BCUT2D eigenvalue weighted by Gasteiger charge is -2.05. The largest absolute Gasteiger partial charge is 0.497 e. The van der Waals surface area contributed by atoms with Crippen LogP contribution < -0.4 is 9.47 Å². The molecule has 22 heavy (non-hydrogen) atoms. The van der Waals surface area contributed by atoms with Gasteiger partial charge in [-0.3, -0.25) is 0 Å². The van der Waals surface area contributed by atoms with Crippen LogP contribution in [-0.2, 0) is 6.61 Å². The van der Waals surface area contributed by atoms with Gasteiger partial charge < -0.3 is 19.0 Å². The number of carboxylic acid groups (broad SMARTS) is 1. The quantitative estimate of drug-likeness (QED) is 0.777. The summed E-state index contributed by atoms with van der Waals surface area (Å²) in [7, 11) is 1.60. The Balaban J connectivity index is 1.77. The molecule has 0 aliphatic carbocycles. The van der Waals surface area contributed by atoms with Gasteiger partial charge in [0, 0.05) is 11.5 Å². The Morgan fingerprint density at radius 2 is 1.95 bits per heavy atom. The molecule has 112 valence electrons. The van der Waals surface area contributed by atoms with E-state index in [9.17, 15) is 4.79 Å². The fourth-order valence-electron chi connectivity index (χ4n) is 2.15. The third kappa shape index (κ3) is 2.88. The van der Waals surface area contributed by atoms with Crippen molar-refractivity contribution in [2.75, 3.05) is 7.11 Å². The summed E-state index contributed by atoms with van der Waals surface area (Å²) >= 11 is 0. The van der Waals surface area contributed by atoms with Gasteiger partial charge in [-0.1, -0.05) is 6.07 Å².